The molecule has 0 amide bonds. The molecule has 0 spiro atoms. The van der Waals surface area contributed by atoms with Crippen molar-refractivity contribution in [3.8, 4) is 11.3 Å². The van der Waals surface area contributed by atoms with Gasteiger partial charge in [-0.1, -0.05) is 48.9 Å². The first-order chi connectivity index (χ1) is 16.9. The van der Waals surface area contributed by atoms with E-state index in [0.29, 0.717) is 41.8 Å². The number of carbonyl (C=O) groups excluding carboxylic acids is 1. The third-order valence-corrected chi connectivity index (χ3v) is 10.2. The highest BCUT2D eigenvalue weighted by Gasteiger charge is 2.63. The lowest BCUT2D eigenvalue weighted by Crippen LogP contribution is -2.54. The monoisotopic (exact) mass is 472 g/mol. The van der Waals surface area contributed by atoms with E-state index in [-0.39, 0.29) is 12.0 Å². The first-order valence-electron chi connectivity index (χ1n) is 13.3. The zero-order chi connectivity index (χ0) is 24.2. The lowest BCUT2D eigenvalue weighted by molar-refractivity contribution is -0.117. The molecule has 6 rings (SSSR count). The van der Waals surface area contributed by atoms with Crippen LogP contribution in [-0.2, 0) is 4.79 Å². The van der Waals surface area contributed by atoms with Gasteiger partial charge in [-0.3, -0.25) is 4.79 Å². The summed E-state index contributed by atoms with van der Waals surface area (Å²) in [6.07, 6.45) is 13.7. The second-order valence-corrected chi connectivity index (χ2v) is 11.6. The molecule has 0 unspecified atom stereocenters. The SMILES string of the molecule is C[C@]12C[C@H](c3ccc(-c4ccco4)cc3)[C@H]3[C@@H](CCC4=CC(=O)CC[C@@H]43)[C@@H]1CC[C@@]2(O)/C=C\CO. The van der Waals surface area contributed by atoms with Crippen molar-refractivity contribution in [2.75, 3.05) is 6.61 Å². The molecule has 35 heavy (non-hydrogen) atoms. The van der Waals surface area contributed by atoms with E-state index in [9.17, 15) is 15.0 Å². The number of furan rings is 1. The normalized spacial score (nSPS) is 38.7. The minimum Gasteiger partial charge on any atom is -0.464 e. The molecule has 4 aliphatic rings. The summed E-state index contributed by atoms with van der Waals surface area (Å²) in [6, 6.07) is 12.7. The maximum Gasteiger partial charge on any atom is 0.155 e. The molecule has 0 bridgehead atoms. The van der Waals surface area contributed by atoms with Gasteiger partial charge in [0.2, 0.25) is 0 Å². The largest absolute Gasteiger partial charge is 0.464 e. The Hall–Kier alpha value is -2.43. The summed E-state index contributed by atoms with van der Waals surface area (Å²) in [7, 11) is 0. The number of fused-ring (bicyclic) bond motifs is 5. The van der Waals surface area contributed by atoms with Gasteiger partial charge >= 0.3 is 0 Å². The number of aliphatic hydroxyl groups excluding tert-OH is 1. The van der Waals surface area contributed by atoms with Gasteiger partial charge in [0.25, 0.3) is 0 Å². The molecule has 0 aliphatic heterocycles. The van der Waals surface area contributed by atoms with Crippen molar-refractivity contribution in [1.82, 2.24) is 0 Å². The summed E-state index contributed by atoms with van der Waals surface area (Å²) in [6.45, 7) is 2.25. The van der Waals surface area contributed by atoms with Gasteiger partial charge in [-0.15, -0.1) is 0 Å². The third kappa shape index (κ3) is 3.60. The van der Waals surface area contributed by atoms with E-state index in [1.54, 1.807) is 12.3 Å². The Bertz CT molecular complexity index is 1140. The topological polar surface area (TPSA) is 70.7 Å². The summed E-state index contributed by atoms with van der Waals surface area (Å²) in [5, 5.41) is 21.4. The fraction of sp³-hybridized carbons (Fsp3) is 0.516. The van der Waals surface area contributed by atoms with Crippen LogP contribution in [0.15, 0.2) is 70.9 Å². The molecular weight excluding hydrogens is 436 g/mol. The molecule has 3 saturated carbocycles. The maximum absolute atomic E-state index is 12.3. The van der Waals surface area contributed by atoms with Crippen molar-refractivity contribution in [2.45, 2.75) is 63.4 Å². The molecule has 1 aromatic carbocycles. The van der Waals surface area contributed by atoms with Crippen LogP contribution in [-0.4, -0.2) is 28.2 Å². The Kier molecular flexibility index (Phi) is 5.65. The van der Waals surface area contributed by atoms with E-state index in [1.165, 1.54) is 11.1 Å². The van der Waals surface area contributed by atoms with E-state index in [1.807, 2.05) is 24.3 Å². The van der Waals surface area contributed by atoms with Crippen molar-refractivity contribution in [3.63, 3.8) is 0 Å². The van der Waals surface area contributed by atoms with Crippen LogP contribution in [0.2, 0.25) is 0 Å². The zero-order valence-corrected chi connectivity index (χ0v) is 20.5. The van der Waals surface area contributed by atoms with Gasteiger partial charge in [0.15, 0.2) is 5.78 Å². The lowest BCUT2D eigenvalue weighted by Gasteiger charge is -2.58. The predicted octanol–water partition coefficient (Wildman–Crippen LogP) is 6.06. The van der Waals surface area contributed by atoms with Crippen molar-refractivity contribution < 1.29 is 19.4 Å². The Morgan fingerprint density at radius 2 is 1.91 bits per heavy atom. The second-order valence-electron chi connectivity index (χ2n) is 11.6. The molecule has 2 aromatic rings. The first kappa shape index (κ1) is 23.0. The molecule has 4 heteroatoms. The highest BCUT2D eigenvalue weighted by molar-refractivity contribution is 5.91. The van der Waals surface area contributed by atoms with Crippen LogP contribution in [0.4, 0.5) is 0 Å². The summed E-state index contributed by atoms with van der Waals surface area (Å²) in [5.41, 5.74) is 2.64. The van der Waals surface area contributed by atoms with E-state index in [0.717, 1.165) is 49.8 Å². The Morgan fingerprint density at radius 3 is 2.66 bits per heavy atom. The van der Waals surface area contributed by atoms with Crippen molar-refractivity contribution in [1.29, 1.82) is 0 Å². The maximum atomic E-state index is 12.3. The van der Waals surface area contributed by atoms with Gasteiger partial charge in [-0.05, 0) is 91.9 Å². The number of allylic oxidation sites excluding steroid dienone is 1. The zero-order valence-electron chi connectivity index (χ0n) is 20.5. The minimum absolute atomic E-state index is 0.0446. The standard InChI is InChI=1S/C31H36O4/c1-30-19-26(20-5-7-21(8-6-20)28-4-2-17-35-28)29-24-12-10-23(33)18-22(24)9-11-25(29)27(30)13-15-31(30,34)14-3-16-32/h2-8,14,17-18,24-27,29,32,34H,9-13,15-16,19H2,1H3/b14-3-/t24-,25-,26+,27-,29+,30-,31-/m0/s1. The number of aliphatic hydroxyl groups is 2. The fourth-order valence-electron chi connectivity index (χ4n) is 8.55. The van der Waals surface area contributed by atoms with E-state index >= 15 is 0 Å². The summed E-state index contributed by atoms with van der Waals surface area (Å²) in [5.74, 6) is 3.44. The van der Waals surface area contributed by atoms with Crippen molar-refractivity contribution >= 4 is 5.78 Å². The number of hydrogen-bond acceptors (Lipinski definition) is 4. The second kappa shape index (κ2) is 8.60. The average Bonchev–Trinajstić information content (AvgIpc) is 3.49. The molecule has 0 saturated heterocycles. The number of carbonyl (C=O) groups is 1. The van der Waals surface area contributed by atoms with E-state index < -0.39 is 5.60 Å². The summed E-state index contributed by atoms with van der Waals surface area (Å²) in [4.78, 5) is 12.3. The fourth-order valence-corrected chi connectivity index (χ4v) is 8.55. The summed E-state index contributed by atoms with van der Waals surface area (Å²) < 4.78 is 5.61. The van der Waals surface area contributed by atoms with Crippen LogP contribution in [0.1, 0.15) is 63.4 Å². The molecular formula is C31H36O4. The summed E-state index contributed by atoms with van der Waals surface area (Å²) >= 11 is 0. The van der Waals surface area contributed by atoms with Crippen molar-refractivity contribution in [2.24, 2.45) is 29.1 Å². The van der Waals surface area contributed by atoms with E-state index in [2.05, 4.69) is 31.2 Å². The van der Waals surface area contributed by atoms with Crippen LogP contribution >= 0.6 is 0 Å². The first-order valence-corrected chi connectivity index (χ1v) is 13.3. The van der Waals surface area contributed by atoms with Gasteiger partial charge in [0.05, 0.1) is 18.5 Å². The van der Waals surface area contributed by atoms with E-state index in [4.69, 9.17) is 4.42 Å². The quantitative estimate of drug-likeness (QED) is 0.531. The van der Waals surface area contributed by atoms with Gasteiger partial charge in [0, 0.05) is 17.4 Å². The highest BCUT2D eigenvalue weighted by atomic mass is 16.3. The molecule has 7 atom stereocenters. The number of rotatable bonds is 4. The Morgan fingerprint density at radius 1 is 1.09 bits per heavy atom. The van der Waals surface area contributed by atoms with Crippen LogP contribution < -0.4 is 0 Å². The highest BCUT2D eigenvalue weighted by Crippen LogP contribution is 2.68. The molecule has 3 fully saturated rings. The molecule has 1 heterocycles. The van der Waals surface area contributed by atoms with Gasteiger partial charge in [-0.25, -0.2) is 0 Å². The van der Waals surface area contributed by atoms with Crippen LogP contribution in [0.5, 0.6) is 0 Å². The molecule has 184 valence electrons. The number of hydrogen-bond donors (Lipinski definition) is 2. The van der Waals surface area contributed by atoms with Gasteiger partial charge in [0.1, 0.15) is 5.76 Å². The van der Waals surface area contributed by atoms with Crippen LogP contribution in [0, 0.1) is 29.1 Å². The Labute approximate surface area is 207 Å². The molecule has 4 aliphatic carbocycles. The minimum atomic E-state index is -0.892. The van der Waals surface area contributed by atoms with Crippen molar-refractivity contribution in [3.05, 3.63) is 72.0 Å². The molecule has 0 radical (unpaired) electrons. The van der Waals surface area contributed by atoms with Gasteiger partial charge in [-0.2, -0.15) is 0 Å². The third-order valence-electron chi connectivity index (χ3n) is 10.2. The lowest BCUT2D eigenvalue weighted by atomic mass is 9.46. The molecule has 4 nitrogen and oxygen atoms in total. The van der Waals surface area contributed by atoms with Crippen LogP contribution in [0.3, 0.4) is 0 Å². The molecule has 1 aromatic heterocycles. The average molecular weight is 473 g/mol. The van der Waals surface area contributed by atoms with Gasteiger partial charge < -0.3 is 14.6 Å². The number of benzene rings is 1. The Balaban J connectivity index is 1.42. The predicted molar refractivity (Wildman–Crippen MR) is 136 cm³/mol. The smallest absolute Gasteiger partial charge is 0.155 e. The molecule has 2 N–H and O–H groups in total. The number of ketones is 1. The van der Waals surface area contributed by atoms with Crippen LogP contribution in [0.25, 0.3) is 11.3 Å².